The Labute approximate surface area is 99.5 Å². The van der Waals surface area contributed by atoms with E-state index in [1.165, 1.54) is 0 Å². The zero-order chi connectivity index (χ0) is 12.8. The van der Waals surface area contributed by atoms with Crippen LogP contribution in [0.2, 0.25) is 0 Å². The first-order valence-electron chi connectivity index (χ1n) is 5.39. The summed E-state index contributed by atoms with van der Waals surface area (Å²) < 4.78 is 5.22. The summed E-state index contributed by atoms with van der Waals surface area (Å²) >= 11 is 0. The fraction of sp³-hybridized carbons (Fsp3) is 0.636. The van der Waals surface area contributed by atoms with Gasteiger partial charge in [0.1, 0.15) is 0 Å². The average molecular weight is 240 g/mol. The molecule has 3 atom stereocenters. The summed E-state index contributed by atoms with van der Waals surface area (Å²) in [6.45, 7) is 0.265. The van der Waals surface area contributed by atoms with Crippen molar-refractivity contribution < 1.29 is 19.4 Å². The predicted octanol–water partition coefficient (Wildman–Crippen LogP) is -0.915. The highest BCUT2D eigenvalue weighted by Crippen LogP contribution is 2.19. The number of hydrogen-bond acceptors (Lipinski definition) is 4. The van der Waals surface area contributed by atoms with Gasteiger partial charge in [0, 0.05) is 13.0 Å². The highest BCUT2D eigenvalue weighted by Gasteiger charge is 2.30. The van der Waals surface area contributed by atoms with Gasteiger partial charge < -0.3 is 20.9 Å². The predicted molar refractivity (Wildman–Crippen MR) is 60.0 cm³/mol. The molecule has 6 nitrogen and oxygen atoms in total. The molecule has 1 amide bonds. The Morgan fingerprint density at radius 1 is 1.59 bits per heavy atom. The minimum Gasteiger partial charge on any atom is -0.479 e. The highest BCUT2D eigenvalue weighted by molar-refractivity contribution is 5.81. The molecule has 0 aromatic rings. The molecule has 1 aliphatic rings. The molecule has 0 radical (unpaired) electrons. The van der Waals surface area contributed by atoms with Gasteiger partial charge in [-0.05, 0) is 12.8 Å². The Kier molecular flexibility index (Phi) is 4.94. The third-order valence-electron chi connectivity index (χ3n) is 2.56. The molecule has 0 aromatic carbocycles. The maximum Gasteiger partial charge on any atom is 0.332 e. The van der Waals surface area contributed by atoms with Crippen LogP contribution in [0.1, 0.15) is 19.3 Å². The van der Waals surface area contributed by atoms with E-state index in [9.17, 15) is 9.59 Å². The monoisotopic (exact) mass is 240 g/mol. The number of carboxylic acid groups (broad SMARTS) is 1. The SMILES string of the molecule is C#CCC(N)C(=O)NCC1CCC(C(=O)O)O1. The molecule has 1 saturated heterocycles. The number of carbonyl (C=O) groups is 2. The lowest BCUT2D eigenvalue weighted by atomic mass is 10.2. The number of hydrogen-bond donors (Lipinski definition) is 3. The van der Waals surface area contributed by atoms with Crippen LogP contribution < -0.4 is 11.1 Å². The quantitative estimate of drug-likeness (QED) is 0.540. The van der Waals surface area contributed by atoms with Crippen LogP contribution in [0.3, 0.4) is 0 Å². The first-order valence-corrected chi connectivity index (χ1v) is 5.39. The molecule has 0 saturated carbocycles. The van der Waals surface area contributed by atoms with Crippen molar-refractivity contribution in [2.45, 2.75) is 37.5 Å². The van der Waals surface area contributed by atoms with E-state index in [-0.39, 0.29) is 25.0 Å². The Hall–Kier alpha value is -1.58. The minimum atomic E-state index is -0.970. The van der Waals surface area contributed by atoms with Crippen molar-refractivity contribution in [1.82, 2.24) is 5.32 Å². The molecule has 1 fully saturated rings. The van der Waals surface area contributed by atoms with E-state index in [1.807, 2.05) is 0 Å². The molecule has 0 aliphatic carbocycles. The molecular weight excluding hydrogens is 224 g/mol. The molecule has 4 N–H and O–H groups in total. The molecule has 6 heteroatoms. The van der Waals surface area contributed by atoms with Crippen LogP contribution in [0.4, 0.5) is 0 Å². The van der Waals surface area contributed by atoms with Crippen LogP contribution in [0.5, 0.6) is 0 Å². The molecule has 1 aliphatic heterocycles. The van der Waals surface area contributed by atoms with Gasteiger partial charge in [0.2, 0.25) is 5.91 Å². The lowest BCUT2D eigenvalue weighted by Gasteiger charge is -2.14. The second kappa shape index (κ2) is 6.23. The number of carboxylic acids is 1. The number of carbonyl (C=O) groups excluding carboxylic acids is 1. The summed E-state index contributed by atoms with van der Waals surface area (Å²) in [4.78, 5) is 22.0. The average Bonchev–Trinajstić information content (AvgIpc) is 2.75. The minimum absolute atomic E-state index is 0.176. The number of aliphatic carboxylic acids is 1. The second-order valence-corrected chi connectivity index (χ2v) is 3.92. The normalized spacial score (nSPS) is 24.9. The summed E-state index contributed by atoms with van der Waals surface area (Å²) in [7, 11) is 0. The number of nitrogens with two attached hydrogens (primary N) is 1. The molecule has 0 spiro atoms. The van der Waals surface area contributed by atoms with Gasteiger partial charge in [-0.3, -0.25) is 4.79 Å². The molecule has 94 valence electrons. The molecule has 17 heavy (non-hydrogen) atoms. The van der Waals surface area contributed by atoms with E-state index in [4.69, 9.17) is 22.0 Å². The van der Waals surface area contributed by atoms with Crippen molar-refractivity contribution in [2.75, 3.05) is 6.54 Å². The van der Waals surface area contributed by atoms with Gasteiger partial charge in [-0.25, -0.2) is 4.79 Å². The van der Waals surface area contributed by atoms with Crippen molar-refractivity contribution in [3.8, 4) is 12.3 Å². The number of terminal acetylenes is 1. The summed E-state index contributed by atoms with van der Waals surface area (Å²) in [6.07, 6.45) is 5.26. The van der Waals surface area contributed by atoms with Gasteiger partial charge in [-0.1, -0.05) is 0 Å². The number of rotatable bonds is 5. The van der Waals surface area contributed by atoms with Crippen LogP contribution in [-0.2, 0) is 14.3 Å². The third-order valence-corrected chi connectivity index (χ3v) is 2.56. The highest BCUT2D eigenvalue weighted by atomic mass is 16.5. The smallest absolute Gasteiger partial charge is 0.332 e. The van der Waals surface area contributed by atoms with Crippen molar-refractivity contribution in [3.05, 3.63) is 0 Å². The van der Waals surface area contributed by atoms with E-state index in [1.54, 1.807) is 0 Å². The molecule has 3 unspecified atom stereocenters. The van der Waals surface area contributed by atoms with E-state index in [2.05, 4.69) is 11.2 Å². The maximum absolute atomic E-state index is 11.4. The zero-order valence-electron chi connectivity index (χ0n) is 9.39. The number of ether oxygens (including phenoxy) is 1. The summed E-state index contributed by atoms with van der Waals surface area (Å²) in [5.41, 5.74) is 5.50. The van der Waals surface area contributed by atoms with Crippen molar-refractivity contribution in [1.29, 1.82) is 0 Å². The van der Waals surface area contributed by atoms with E-state index in [0.717, 1.165) is 0 Å². The fourth-order valence-electron chi connectivity index (χ4n) is 1.60. The van der Waals surface area contributed by atoms with Crippen LogP contribution in [0, 0.1) is 12.3 Å². The number of amides is 1. The largest absolute Gasteiger partial charge is 0.479 e. The summed E-state index contributed by atoms with van der Waals surface area (Å²) in [6, 6.07) is -0.725. The zero-order valence-corrected chi connectivity index (χ0v) is 9.39. The van der Waals surface area contributed by atoms with Crippen molar-refractivity contribution in [3.63, 3.8) is 0 Å². The summed E-state index contributed by atoms with van der Waals surface area (Å²) in [5, 5.41) is 11.3. The van der Waals surface area contributed by atoms with Crippen LogP contribution in [0.25, 0.3) is 0 Å². The van der Waals surface area contributed by atoms with Crippen LogP contribution in [-0.4, -0.2) is 41.8 Å². The lowest BCUT2D eigenvalue weighted by molar-refractivity contribution is -0.149. The van der Waals surface area contributed by atoms with Gasteiger partial charge in [-0.15, -0.1) is 12.3 Å². The van der Waals surface area contributed by atoms with Crippen molar-refractivity contribution in [2.24, 2.45) is 5.73 Å². The molecular formula is C11H16N2O4. The first kappa shape index (κ1) is 13.5. The van der Waals surface area contributed by atoms with Gasteiger partial charge in [0.05, 0.1) is 12.1 Å². The molecule has 0 aromatic heterocycles. The Morgan fingerprint density at radius 2 is 2.29 bits per heavy atom. The maximum atomic E-state index is 11.4. The van der Waals surface area contributed by atoms with E-state index in [0.29, 0.717) is 12.8 Å². The Morgan fingerprint density at radius 3 is 2.82 bits per heavy atom. The van der Waals surface area contributed by atoms with Crippen LogP contribution >= 0.6 is 0 Å². The number of nitrogens with one attached hydrogen (secondary N) is 1. The molecule has 1 rings (SSSR count). The molecule has 0 bridgehead atoms. The van der Waals surface area contributed by atoms with Gasteiger partial charge in [0.25, 0.3) is 0 Å². The second-order valence-electron chi connectivity index (χ2n) is 3.92. The van der Waals surface area contributed by atoms with E-state index >= 15 is 0 Å². The standard InChI is InChI=1S/C11H16N2O4/c1-2-3-8(12)10(14)13-6-7-4-5-9(17-7)11(15)16/h1,7-9H,3-6,12H2,(H,13,14)(H,15,16). The van der Waals surface area contributed by atoms with Gasteiger partial charge in [-0.2, -0.15) is 0 Å². The fourth-order valence-corrected chi connectivity index (χ4v) is 1.60. The lowest BCUT2D eigenvalue weighted by Crippen LogP contribution is -2.43. The van der Waals surface area contributed by atoms with E-state index < -0.39 is 18.1 Å². The van der Waals surface area contributed by atoms with Crippen LogP contribution in [0.15, 0.2) is 0 Å². The Balaban J connectivity index is 2.26. The summed E-state index contributed by atoms with van der Waals surface area (Å²) in [5.74, 6) is 0.992. The Bertz CT molecular complexity index is 337. The van der Waals surface area contributed by atoms with Gasteiger partial charge >= 0.3 is 5.97 Å². The third kappa shape index (κ3) is 4.06. The first-order chi connectivity index (χ1) is 8.04. The topological polar surface area (TPSA) is 102 Å². The molecule has 1 heterocycles. The van der Waals surface area contributed by atoms with Crippen molar-refractivity contribution >= 4 is 11.9 Å². The van der Waals surface area contributed by atoms with Gasteiger partial charge in [0.15, 0.2) is 6.10 Å².